The Kier molecular flexibility index (Phi) is 5.80. The van der Waals surface area contributed by atoms with E-state index in [2.05, 4.69) is 5.10 Å². The van der Waals surface area contributed by atoms with E-state index in [9.17, 15) is 44.6 Å². The number of ether oxygens (including phenoxy) is 1. The van der Waals surface area contributed by atoms with E-state index >= 15 is 0 Å². The van der Waals surface area contributed by atoms with E-state index in [1.165, 1.54) is 0 Å². The van der Waals surface area contributed by atoms with Crippen molar-refractivity contribution in [3.05, 3.63) is 53.2 Å². The van der Waals surface area contributed by atoms with Gasteiger partial charge in [0, 0.05) is 12.6 Å². The molecule has 13 heteroatoms. The smallest absolute Gasteiger partial charge is 0.435 e. The van der Waals surface area contributed by atoms with Gasteiger partial charge in [0.15, 0.2) is 5.69 Å². The van der Waals surface area contributed by atoms with Gasteiger partial charge in [-0.2, -0.15) is 44.6 Å². The van der Waals surface area contributed by atoms with Crippen LogP contribution >= 0.6 is 0 Å². The Labute approximate surface area is 179 Å². The highest BCUT2D eigenvalue weighted by Gasteiger charge is 2.38. The first-order chi connectivity index (χ1) is 15.0. The van der Waals surface area contributed by atoms with Crippen LogP contribution in [0.25, 0.3) is 22.4 Å². The normalized spacial score (nSPS) is 12.8. The molecular formula is C20H13F9N2O2. The molecule has 1 aromatic heterocycles. The summed E-state index contributed by atoms with van der Waals surface area (Å²) in [5.41, 5.74) is -6.46. The Hall–Kier alpha value is -3.38. The van der Waals surface area contributed by atoms with Gasteiger partial charge in [0.05, 0.1) is 29.5 Å². The minimum absolute atomic E-state index is 0.0897. The van der Waals surface area contributed by atoms with Gasteiger partial charge in [0.25, 0.3) is 0 Å². The lowest BCUT2D eigenvalue weighted by molar-refractivity contribution is -0.143. The molecule has 0 saturated carbocycles. The summed E-state index contributed by atoms with van der Waals surface area (Å²) in [6.07, 6.45) is -15.1. The first-order valence-electron chi connectivity index (χ1n) is 8.85. The van der Waals surface area contributed by atoms with Gasteiger partial charge in [0.2, 0.25) is 0 Å². The van der Waals surface area contributed by atoms with E-state index in [0.717, 1.165) is 31.0 Å². The van der Waals surface area contributed by atoms with Crippen LogP contribution in [0.2, 0.25) is 0 Å². The van der Waals surface area contributed by atoms with Gasteiger partial charge in [-0.05, 0) is 42.0 Å². The molecule has 2 aromatic carbocycles. The number of aromatic nitrogens is 2. The first kappa shape index (κ1) is 24.3. The molecule has 0 fully saturated rings. The number of phenolic OH excluding ortho intramolecular Hbond substituents is 1. The molecule has 3 aromatic rings. The Morgan fingerprint density at radius 3 is 1.79 bits per heavy atom. The quantitative estimate of drug-likeness (QED) is 0.431. The van der Waals surface area contributed by atoms with Gasteiger partial charge in [-0.1, -0.05) is 0 Å². The Morgan fingerprint density at radius 2 is 1.36 bits per heavy atom. The second kappa shape index (κ2) is 7.89. The van der Waals surface area contributed by atoms with E-state index in [1.807, 2.05) is 0 Å². The summed E-state index contributed by atoms with van der Waals surface area (Å²) in [7, 11) is 2.18. The number of hydrogen-bond donors (Lipinski definition) is 1. The molecule has 0 unspecified atom stereocenters. The van der Waals surface area contributed by atoms with Crippen molar-refractivity contribution in [1.82, 2.24) is 9.78 Å². The lowest BCUT2D eigenvalue weighted by atomic mass is 9.95. The maximum atomic E-state index is 13.3. The van der Waals surface area contributed by atoms with Crippen LogP contribution < -0.4 is 4.74 Å². The van der Waals surface area contributed by atoms with E-state index in [4.69, 9.17) is 4.74 Å². The second-order valence-electron chi connectivity index (χ2n) is 6.87. The van der Waals surface area contributed by atoms with E-state index in [-0.39, 0.29) is 23.1 Å². The van der Waals surface area contributed by atoms with Crippen LogP contribution in [-0.2, 0) is 25.6 Å². The van der Waals surface area contributed by atoms with Crippen LogP contribution in [0.4, 0.5) is 39.5 Å². The molecule has 33 heavy (non-hydrogen) atoms. The van der Waals surface area contributed by atoms with Crippen molar-refractivity contribution in [1.29, 1.82) is 0 Å². The molecule has 0 radical (unpaired) electrons. The van der Waals surface area contributed by atoms with Gasteiger partial charge >= 0.3 is 18.5 Å². The number of phenols is 1. The van der Waals surface area contributed by atoms with Crippen LogP contribution in [-0.4, -0.2) is 22.0 Å². The summed E-state index contributed by atoms with van der Waals surface area (Å²) in [5, 5.41) is 14.1. The molecule has 178 valence electrons. The highest BCUT2D eigenvalue weighted by atomic mass is 19.4. The monoisotopic (exact) mass is 484 g/mol. The van der Waals surface area contributed by atoms with Gasteiger partial charge in [-0.3, -0.25) is 4.68 Å². The summed E-state index contributed by atoms with van der Waals surface area (Å²) in [4.78, 5) is 0. The van der Waals surface area contributed by atoms with Crippen molar-refractivity contribution in [2.75, 3.05) is 7.11 Å². The lowest BCUT2D eigenvalue weighted by Crippen LogP contribution is -2.11. The van der Waals surface area contributed by atoms with E-state index in [0.29, 0.717) is 18.2 Å². The van der Waals surface area contributed by atoms with Gasteiger partial charge < -0.3 is 9.84 Å². The van der Waals surface area contributed by atoms with Crippen molar-refractivity contribution in [3.63, 3.8) is 0 Å². The molecule has 0 spiro atoms. The van der Waals surface area contributed by atoms with E-state index in [1.54, 1.807) is 0 Å². The fourth-order valence-electron chi connectivity index (χ4n) is 3.19. The minimum Gasteiger partial charge on any atom is -0.506 e. The highest BCUT2D eigenvalue weighted by molar-refractivity contribution is 5.85. The van der Waals surface area contributed by atoms with Crippen LogP contribution in [0.1, 0.15) is 16.8 Å². The summed E-state index contributed by atoms with van der Waals surface area (Å²) >= 11 is 0. The predicted octanol–water partition coefficient (Wildman–Crippen LogP) is 6.52. The molecule has 0 atom stereocenters. The molecule has 0 aliphatic carbocycles. The van der Waals surface area contributed by atoms with Gasteiger partial charge in [-0.15, -0.1) is 0 Å². The predicted molar refractivity (Wildman–Crippen MR) is 97.3 cm³/mol. The van der Waals surface area contributed by atoms with Crippen molar-refractivity contribution >= 4 is 0 Å². The summed E-state index contributed by atoms with van der Waals surface area (Å²) < 4.78 is 124. The molecule has 3 rings (SSSR count). The third-order valence-electron chi connectivity index (χ3n) is 4.68. The van der Waals surface area contributed by atoms with Crippen LogP contribution in [0.15, 0.2) is 36.4 Å². The number of halogens is 9. The maximum Gasteiger partial charge on any atom is 0.435 e. The van der Waals surface area contributed by atoms with Gasteiger partial charge in [-0.25, -0.2) is 0 Å². The summed E-state index contributed by atoms with van der Waals surface area (Å²) in [5.74, 6) is -1.19. The van der Waals surface area contributed by atoms with Gasteiger partial charge in [0.1, 0.15) is 11.5 Å². The highest BCUT2D eigenvalue weighted by Crippen LogP contribution is 2.47. The molecule has 0 bridgehead atoms. The largest absolute Gasteiger partial charge is 0.506 e. The van der Waals surface area contributed by atoms with Crippen molar-refractivity contribution in [2.45, 2.75) is 18.5 Å². The molecular weight excluding hydrogens is 471 g/mol. The topological polar surface area (TPSA) is 47.3 Å². The number of alkyl halides is 9. The fourth-order valence-corrected chi connectivity index (χ4v) is 3.19. The SMILES string of the molecule is COc1ccc(-c2cc(C(F)(F)F)nn2C)c(O)c1-c1cc(C(F)(F)F)cc(C(F)(F)F)c1. The number of nitrogens with zero attached hydrogens (tertiary/aromatic N) is 2. The average molecular weight is 484 g/mol. The zero-order chi connectivity index (χ0) is 24.9. The number of hydrogen-bond acceptors (Lipinski definition) is 3. The third-order valence-corrected chi connectivity index (χ3v) is 4.68. The first-order valence-corrected chi connectivity index (χ1v) is 8.85. The summed E-state index contributed by atoms with van der Waals surface area (Å²) in [6.45, 7) is 0. The minimum atomic E-state index is -5.15. The number of aromatic hydroxyl groups is 1. The Bertz CT molecular complexity index is 1160. The molecule has 4 nitrogen and oxygen atoms in total. The zero-order valence-corrected chi connectivity index (χ0v) is 16.6. The molecule has 1 heterocycles. The van der Waals surface area contributed by atoms with Crippen molar-refractivity contribution < 1.29 is 49.4 Å². The van der Waals surface area contributed by atoms with Crippen LogP contribution in [0.5, 0.6) is 11.5 Å². The molecule has 0 aliphatic heterocycles. The van der Waals surface area contributed by atoms with Crippen molar-refractivity contribution in [3.8, 4) is 33.9 Å². The maximum absolute atomic E-state index is 13.3. The molecule has 0 saturated heterocycles. The fraction of sp³-hybridized carbons (Fsp3) is 0.250. The number of rotatable bonds is 3. The number of methoxy groups -OCH3 is 1. The lowest BCUT2D eigenvalue weighted by Gasteiger charge is -2.18. The Morgan fingerprint density at radius 1 is 0.818 bits per heavy atom. The third kappa shape index (κ3) is 4.71. The second-order valence-corrected chi connectivity index (χ2v) is 6.87. The Balaban J connectivity index is 2.32. The van der Waals surface area contributed by atoms with Crippen molar-refractivity contribution in [2.24, 2.45) is 7.05 Å². The molecule has 0 aliphatic rings. The number of aryl methyl sites for hydroxylation is 1. The molecule has 1 N–H and O–H groups in total. The standard InChI is InChI=1S/C20H13F9N2O2/c1-31-13(8-15(30-31)20(27,28)29)12-3-4-14(33-2)16(17(12)32)9-5-10(18(21,22)23)7-11(6-9)19(24,25)26/h3-8,32H,1-2H3. The zero-order valence-electron chi connectivity index (χ0n) is 16.6. The van der Waals surface area contributed by atoms with Crippen LogP contribution in [0, 0.1) is 0 Å². The summed E-state index contributed by atoms with van der Waals surface area (Å²) in [6, 6.07) is 3.44. The number of benzene rings is 2. The van der Waals surface area contributed by atoms with E-state index < -0.39 is 52.2 Å². The molecule has 0 amide bonds. The average Bonchev–Trinajstić information content (AvgIpc) is 3.07. The van der Waals surface area contributed by atoms with Crippen LogP contribution in [0.3, 0.4) is 0 Å².